The van der Waals surface area contributed by atoms with E-state index >= 15 is 0 Å². The number of rotatable bonds is 2. The number of hydrogen-bond donors (Lipinski definition) is 3. The van der Waals surface area contributed by atoms with Crippen LogP contribution in [-0.2, 0) is 0 Å². The van der Waals surface area contributed by atoms with Crippen LogP contribution in [0.25, 0.3) is 0 Å². The fourth-order valence-electron chi connectivity index (χ4n) is 1.18. The molecule has 4 N–H and O–H groups in total. The molecule has 0 aromatic carbocycles. The van der Waals surface area contributed by atoms with E-state index in [2.05, 4.69) is 15.5 Å². The van der Waals surface area contributed by atoms with Crippen molar-refractivity contribution >= 4 is 11.5 Å². The lowest BCUT2D eigenvalue weighted by molar-refractivity contribution is 0.446. The summed E-state index contributed by atoms with van der Waals surface area (Å²) in [5.74, 6) is 0.636. The SMILES string of the molecule is Nc1[nH]ncc1NC1CCC1. The molecule has 2 rings (SSSR count). The summed E-state index contributed by atoms with van der Waals surface area (Å²) in [4.78, 5) is 0. The van der Waals surface area contributed by atoms with E-state index in [0.717, 1.165) is 5.69 Å². The summed E-state index contributed by atoms with van der Waals surface area (Å²) < 4.78 is 0. The van der Waals surface area contributed by atoms with Crippen molar-refractivity contribution in [2.45, 2.75) is 25.3 Å². The molecular weight excluding hydrogens is 140 g/mol. The van der Waals surface area contributed by atoms with Gasteiger partial charge in [-0.1, -0.05) is 0 Å². The van der Waals surface area contributed by atoms with Crippen LogP contribution in [0.1, 0.15) is 19.3 Å². The van der Waals surface area contributed by atoms with Gasteiger partial charge >= 0.3 is 0 Å². The average molecular weight is 152 g/mol. The first-order valence-electron chi connectivity index (χ1n) is 3.91. The molecule has 1 aromatic heterocycles. The van der Waals surface area contributed by atoms with Gasteiger partial charge < -0.3 is 11.1 Å². The minimum Gasteiger partial charge on any atom is -0.382 e. The maximum absolute atomic E-state index is 5.59. The monoisotopic (exact) mass is 152 g/mol. The number of anilines is 2. The van der Waals surface area contributed by atoms with E-state index < -0.39 is 0 Å². The second-order valence-corrected chi connectivity index (χ2v) is 2.97. The maximum atomic E-state index is 5.59. The van der Waals surface area contributed by atoms with Gasteiger partial charge in [0.05, 0.1) is 11.9 Å². The van der Waals surface area contributed by atoms with Gasteiger partial charge in [0.25, 0.3) is 0 Å². The predicted molar refractivity (Wildman–Crippen MR) is 44.3 cm³/mol. The van der Waals surface area contributed by atoms with Crippen molar-refractivity contribution in [3.8, 4) is 0 Å². The molecule has 0 aliphatic heterocycles. The lowest BCUT2D eigenvalue weighted by Gasteiger charge is -2.26. The van der Waals surface area contributed by atoms with E-state index in [0.29, 0.717) is 11.9 Å². The average Bonchev–Trinajstić information content (AvgIpc) is 2.27. The standard InChI is InChI=1S/C7H12N4/c8-7-6(4-9-11-7)10-5-2-1-3-5/h4-5,10H,1-3H2,(H3,8,9,11). The van der Waals surface area contributed by atoms with Gasteiger partial charge in [-0.05, 0) is 19.3 Å². The molecule has 1 heterocycles. The molecule has 0 saturated heterocycles. The molecule has 1 aromatic rings. The second kappa shape index (κ2) is 2.45. The van der Waals surface area contributed by atoms with Gasteiger partial charge in [0.2, 0.25) is 0 Å². The number of aromatic nitrogens is 2. The van der Waals surface area contributed by atoms with Crippen LogP contribution < -0.4 is 11.1 Å². The largest absolute Gasteiger partial charge is 0.382 e. The molecule has 4 nitrogen and oxygen atoms in total. The quantitative estimate of drug-likeness (QED) is 0.591. The Hall–Kier alpha value is -1.19. The first kappa shape index (κ1) is 6.52. The topological polar surface area (TPSA) is 66.7 Å². The van der Waals surface area contributed by atoms with Crippen molar-refractivity contribution in [1.82, 2.24) is 10.2 Å². The minimum atomic E-state index is 0.620. The molecule has 1 aliphatic carbocycles. The molecule has 1 fully saturated rings. The third kappa shape index (κ3) is 1.15. The molecule has 0 radical (unpaired) electrons. The molecular formula is C7H12N4. The van der Waals surface area contributed by atoms with Crippen LogP contribution in [0.3, 0.4) is 0 Å². The Morgan fingerprint density at radius 2 is 2.45 bits per heavy atom. The first-order valence-corrected chi connectivity index (χ1v) is 3.91. The smallest absolute Gasteiger partial charge is 0.142 e. The third-order valence-electron chi connectivity index (χ3n) is 2.13. The van der Waals surface area contributed by atoms with Crippen LogP contribution in [0, 0.1) is 0 Å². The molecule has 1 aliphatic rings. The van der Waals surface area contributed by atoms with Gasteiger partial charge in [-0.3, -0.25) is 5.10 Å². The zero-order valence-electron chi connectivity index (χ0n) is 6.30. The van der Waals surface area contributed by atoms with Crippen molar-refractivity contribution < 1.29 is 0 Å². The molecule has 1 saturated carbocycles. The molecule has 4 heteroatoms. The zero-order valence-corrected chi connectivity index (χ0v) is 6.30. The third-order valence-corrected chi connectivity index (χ3v) is 2.13. The highest BCUT2D eigenvalue weighted by molar-refractivity contribution is 5.60. The molecule has 60 valence electrons. The van der Waals surface area contributed by atoms with Crippen LogP contribution in [0.4, 0.5) is 11.5 Å². The summed E-state index contributed by atoms with van der Waals surface area (Å²) in [5, 5.41) is 9.82. The Morgan fingerprint density at radius 1 is 1.64 bits per heavy atom. The Kier molecular flexibility index (Phi) is 1.45. The molecule has 11 heavy (non-hydrogen) atoms. The van der Waals surface area contributed by atoms with Crippen LogP contribution >= 0.6 is 0 Å². The summed E-state index contributed by atoms with van der Waals surface area (Å²) in [6.45, 7) is 0. The highest BCUT2D eigenvalue weighted by Gasteiger charge is 2.17. The summed E-state index contributed by atoms with van der Waals surface area (Å²) in [6, 6.07) is 0.620. The van der Waals surface area contributed by atoms with Gasteiger partial charge in [-0.25, -0.2) is 0 Å². The van der Waals surface area contributed by atoms with E-state index in [1.165, 1.54) is 19.3 Å². The van der Waals surface area contributed by atoms with E-state index in [1.54, 1.807) is 6.20 Å². The first-order chi connectivity index (χ1) is 5.36. The van der Waals surface area contributed by atoms with Gasteiger partial charge in [0.1, 0.15) is 5.82 Å². The van der Waals surface area contributed by atoms with Crippen molar-refractivity contribution in [3.63, 3.8) is 0 Å². The van der Waals surface area contributed by atoms with Crippen LogP contribution in [-0.4, -0.2) is 16.2 Å². The summed E-state index contributed by atoms with van der Waals surface area (Å²) in [6.07, 6.45) is 5.57. The minimum absolute atomic E-state index is 0.620. The Morgan fingerprint density at radius 3 is 2.91 bits per heavy atom. The number of H-pyrrole nitrogens is 1. The Balaban J connectivity index is 1.99. The number of nitrogens with two attached hydrogens (primary N) is 1. The number of nitrogens with one attached hydrogen (secondary N) is 2. The van der Waals surface area contributed by atoms with Crippen molar-refractivity contribution in [3.05, 3.63) is 6.20 Å². The Bertz CT molecular complexity index is 238. The van der Waals surface area contributed by atoms with E-state index in [1.807, 2.05) is 0 Å². The molecule has 0 unspecified atom stereocenters. The fraction of sp³-hybridized carbons (Fsp3) is 0.571. The van der Waals surface area contributed by atoms with Crippen LogP contribution in [0.15, 0.2) is 6.20 Å². The number of nitrogen functional groups attached to an aromatic ring is 1. The van der Waals surface area contributed by atoms with Gasteiger partial charge in [0, 0.05) is 6.04 Å². The van der Waals surface area contributed by atoms with Crippen molar-refractivity contribution in [2.75, 3.05) is 11.1 Å². The summed E-state index contributed by atoms with van der Waals surface area (Å²) in [5.41, 5.74) is 6.53. The Labute approximate surface area is 65.2 Å². The molecule has 0 bridgehead atoms. The highest BCUT2D eigenvalue weighted by Crippen LogP contribution is 2.24. The molecule has 0 atom stereocenters. The number of nitrogens with zero attached hydrogens (tertiary/aromatic N) is 1. The number of hydrogen-bond acceptors (Lipinski definition) is 3. The van der Waals surface area contributed by atoms with E-state index in [4.69, 9.17) is 5.73 Å². The highest BCUT2D eigenvalue weighted by atomic mass is 15.2. The van der Waals surface area contributed by atoms with E-state index in [-0.39, 0.29) is 0 Å². The fourth-order valence-corrected chi connectivity index (χ4v) is 1.18. The zero-order chi connectivity index (χ0) is 7.68. The summed E-state index contributed by atoms with van der Waals surface area (Å²) >= 11 is 0. The van der Waals surface area contributed by atoms with Gasteiger partial charge in [-0.15, -0.1) is 0 Å². The van der Waals surface area contributed by atoms with Crippen molar-refractivity contribution in [1.29, 1.82) is 0 Å². The molecule has 0 spiro atoms. The number of aromatic amines is 1. The van der Waals surface area contributed by atoms with Gasteiger partial charge in [-0.2, -0.15) is 5.10 Å². The second-order valence-electron chi connectivity index (χ2n) is 2.97. The van der Waals surface area contributed by atoms with Crippen LogP contribution in [0.2, 0.25) is 0 Å². The van der Waals surface area contributed by atoms with Crippen LogP contribution in [0.5, 0.6) is 0 Å². The summed E-state index contributed by atoms with van der Waals surface area (Å²) in [7, 11) is 0. The van der Waals surface area contributed by atoms with Gasteiger partial charge in [0.15, 0.2) is 0 Å². The van der Waals surface area contributed by atoms with E-state index in [9.17, 15) is 0 Å². The normalized spacial score (nSPS) is 17.8. The maximum Gasteiger partial charge on any atom is 0.142 e. The molecule has 0 amide bonds. The lowest BCUT2D eigenvalue weighted by atomic mass is 9.93. The van der Waals surface area contributed by atoms with Crippen molar-refractivity contribution in [2.24, 2.45) is 0 Å². The predicted octanol–water partition coefficient (Wildman–Crippen LogP) is 0.956. The lowest BCUT2D eigenvalue weighted by Crippen LogP contribution is -2.27.